The molecule has 1 amide bonds. The summed E-state index contributed by atoms with van der Waals surface area (Å²) in [6, 6.07) is 5.93. The predicted octanol–water partition coefficient (Wildman–Crippen LogP) is 2.97. The Balaban J connectivity index is 1.54. The summed E-state index contributed by atoms with van der Waals surface area (Å²) in [4.78, 5) is 16.7. The monoisotopic (exact) mass is 332 g/mol. The van der Waals surface area contributed by atoms with Crippen LogP contribution < -0.4 is 14.8 Å². The number of nitrogens with zero attached hydrogens (tertiary/aromatic N) is 1. The summed E-state index contributed by atoms with van der Waals surface area (Å²) in [7, 11) is 0. The summed E-state index contributed by atoms with van der Waals surface area (Å²) in [5.74, 6) is 1.45. The highest BCUT2D eigenvalue weighted by molar-refractivity contribution is 7.11. The highest BCUT2D eigenvalue weighted by Crippen LogP contribution is 2.41. The number of nitrogens with one attached hydrogen (secondary N) is 1. The predicted molar refractivity (Wildman–Crippen MR) is 89.5 cm³/mol. The minimum Gasteiger partial charge on any atom is -0.488 e. The maximum atomic E-state index is 12.0. The van der Waals surface area contributed by atoms with Crippen LogP contribution in [0, 0.1) is 6.92 Å². The molecule has 2 aromatic rings. The molecule has 0 unspecified atom stereocenters. The van der Waals surface area contributed by atoms with E-state index in [1.807, 2.05) is 19.1 Å². The fraction of sp³-hybridized carbons (Fsp3) is 0.412. The Bertz CT molecular complexity index is 724. The highest BCUT2D eigenvalue weighted by Gasteiger charge is 2.32. The molecule has 1 aliphatic rings. The van der Waals surface area contributed by atoms with Gasteiger partial charge in [0.05, 0.1) is 17.7 Å². The number of carbonyl (C=O) groups excluding carboxylic acids is 1. The van der Waals surface area contributed by atoms with Gasteiger partial charge in [0.25, 0.3) is 5.91 Å². The van der Waals surface area contributed by atoms with E-state index in [1.165, 1.54) is 11.3 Å². The first kappa shape index (κ1) is 15.8. The van der Waals surface area contributed by atoms with Gasteiger partial charge in [-0.05, 0) is 26.8 Å². The molecule has 1 aromatic carbocycles. The number of fused-ring (bicyclic) bond motifs is 1. The van der Waals surface area contributed by atoms with E-state index in [0.717, 1.165) is 29.2 Å². The van der Waals surface area contributed by atoms with Crippen molar-refractivity contribution in [1.29, 1.82) is 0 Å². The zero-order chi connectivity index (χ0) is 16.4. The molecule has 0 radical (unpaired) electrons. The Morgan fingerprint density at radius 1 is 1.48 bits per heavy atom. The zero-order valence-electron chi connectivity index (χ0n) is 13.5. The van der Waals surface area contributed by atoms with Crippen molar-refractivity contribution >= 4 is 17.2 Å². The quantitative estimate of drug-likeness (QED) is 0.855. The first-order valence-corrected chi connectivity index (χ1v) is 8.46. The van der Waals surface area contributed by atoms with E-state index in [9.17, 15) is 4.79 Å². The lowest BCUT2D eigenvalue weighted by Gasteiger charge is -2.18. The summed E-state index contributed by atoms with van der Waals surface area (Å²) in [6.45, 7) is 6.78. The lowest BCUT2D eigenvalue weighted by molar-refractivity contribution is 0.0949. The van der Waals surface area contributed by atoms with Crippen LogP contribution in [0.5, 0.6) is 11.5 Å². The Morgan fingerprint density at radius 3 is 3.04 bits per heavy atom. The van der Waals surface area contributed by atoms with Gasteiger partial charge in [0, 0.05) is 12.0 Å². The maximum absolute atomic E-state index is 12.0. The van der Waals surface area contributed by atoms with Gasteiger partial charge in [-0.2, -0.15) is 0 Å². The van der Waals surface area contributed by atoms with E-state index in [4.69, 9.17) is 9.47 Å². The SMILES string of the molecule is Cc1ncsc1C(=O)NCCOc1cccc2c1OC(C)(C)C2. The smallest absolute Gasteiger partial charge is 0.263 e. The van der Waals surface area contributed by atoms with Crippen LogP contribution in [0.2, 0.25) is 0 Å². The molecule has 0 aliphatic carbocycles. The van der Waals surface area contributed by atoms with Gasteiger partial charge in [-0.1, -0.05) is 12.1 Å². The van der Waals surface area contributed by atoms with Gasteiger partial charge in [0.1, 0.15) is 17.1 Å². The maximum Gasteiger partial charge on any atom is 0.263 e. The lowest BCUT2D eigenvalue weighted by atomic mass is 10.0. The number of hydrogen-bond donors (Lipinski definition) is 1. The largest absolute Gasteiger partial charge is 0.488 e. The number of hydrogen-bond acceptors (Lipinski definition) is 5. The molecule has 0 atom stereocenters. The molecule has 23 heavy (non-hydrogen) atoms. The summed E-state index contributed by atoms with van der Waals surface area (Å²) in [5, 5.41) is 2.85. The van der Waals surface area contributed by atoms with Crippen LogP contribution in [0.4, 0.5) is 0 Å². The van der Waals surface area contributed by atoms with Crippen molar-refractivity contribution in [3.8, 4) is 11.5 Å². The summed E-state index contributed by atoms with van der Waals surface area (Å²) in [6.07, 6.45) is 0.876. The van der Waals surface area contributed by atoms with E-state index in [2.05, 4.69) is 30.2 Å². The normalized spacial score (nSPS) is 14.9. The number of aryl methyl sites for hydroxylation is 1. The van der Waals surface area contributed by atoms with Crippen molar-refractivity contribution in [2.24, 2.45) is 0 Å². The number of thiazole rings is 1. The Kier molecular flexibility index (Phi) is 4.26. The fourth-order valence-electron chi connectivity index (χ4n) is 2.63. The second-order valence-corrected chi connectivity index (χ2v) is 7.01. The molecular weight excluding hydrogens is 312 g/mol. The summed E-state index contributed by atoms with van der Waals surface area (Å²) < 4.78 is 11.7. The molecule has 5 nitrogen and oxygen atoms in total. The standard InChI is InChI=1S/C17H20N2O3S/c1-11-15(23-10-19-11)16(20)18-7-8-21-13-6-4-5-12-9-17(2,3)22-14(12)13/h4-6,10H,7-9H2,1-3H3,(H,18,20). The van der Waals surface area contributed by atoms with Crippen molar-refractivity contribution in [3.63, 3.8) is 0 Å². The number of amides is 1. The molecule has 122 valence electrons. The van der Waals surface area contributed by atoms with E-state index < -0.39 is 0 Å². The Morgan fingerprint density at radius 2 is 2.30 bits per heavy atom. The fourth-order valence-corrected chi connectivity index (χ4v) is 3.35. The first-order chi connectivity index (χ1) is 11.0. The van der Waals surface area contributed by atoms with E-state index in [-0.39, 0.29) is 11.5 Å². The van der Waals surface area contributed by atoms with Crippen molar-refractivity contribution in [2.45, 2.75) is 32.8 Å². The molecule has 0 saturated carbocycles. The molecule has 2 heterocycles. The third kappa shape index (κ3) is 3.47. The summed E-state index contributed by atoms with van der Waals surface area (Å²) in [5.41, 5.74) is 3.40. The molecule has 0 fully saturated rings. The molecule has 1 aliphatic heterocycles. The Hall–Kier alpha value is -2.08. The van der Waals surface area contributed by atoms with Crippen LogP contribution in [-0.4, -0.2) is 29.6 Å². The van der Waals surface area contributed by atoms with E-state index >= 15 is 0 Å². The van der Waals surface area contributed by atoms with Gasteiger partial charge in [0.15, 0.2) is 11.5 Å². The van der Waals surface area contributed by atoms with Crippen molar-refractivity contribution in [3.05, 3.63) is 39.8 Å². The summed E-state index contributed by atoms with van der Waals surface area (Å²) >= 11 is 1.34. The second kappa shape index (κ2) is 6.20. The van der Waals surface area contributed by atoms with Gasteiger partial charge >= 0.3 is 0 Å². The van der Waals surface area contributed by atoms with Crippen molar-refractivity contribution < 1.29 is 14.3 Å². The molecular formula is C17H20N2O3S. The van der Waals surface area contributed by atoms with Gasteiger partial charge in [-0.15, -0.1) is 11.3 Å². The van der Waals surface area contributed by atoms with Gasteiger partial charge in [0.2, 0.25) is 0 Å². The minimum absolute atomic E-state index is 0.107. The van der Waals surface area contributed by atoms with Crippen LogP contribution in [0.1, 0.15) is 34.8 Å². The number of para-hydroxylation sites is 1. The number of benzene rings is 1. The number of rotatable bonds is 5. The average molecular weight is 332 g/mol. The van der Waals surface area contributed by atoms with Crippen molar-refractivity contribution in [2.75, 3.05) is 13.2 Å². The van der Waals surface area contributed by atoms with Crippen LogP contribution in [-0.2, 0) is 6.42 Å². The van der Waals surface area contributed by atoms with E-state index in [1.54, 1.807) is 5.51 Å². The minimum atomic E-state index is -0.195. The molecule has 1 aromatic heterocycles. The van der Waals surface area contributed by atoms with E-state index in [0.29, 0.717) is 18.0 Å². The van der Waals surface area contributed by atoms with Gasteiger partial charge in [-0.25, -0.2) is 4.98 Å². The molecule has 0 bridgehead atoms. The number of ether oxygens (including phenoxy) is 2. The lowest BCUT2D eigenvalue weighted by Crippen LogP contribution is -2.28. The van der Waals surface area contributed by atoms with Crippen LogP contribution in [0.15, 0.2) is 23.7 Å². The third-order valence-electron chi connectivity index (χ3n) is 3.65. The average Bonchev–Trinajstić information content (AvgIpc) is 3.05. The first-order valence-electron chi connectivity index (χ1n) is 7.58. The van der Waals surface area contributed by atoms with Crippen LogP contribution in [0.3, 0.4) is 0 Å². The molecule has 6 heteroatoms. The Labute approximate surface area is 139 Å². The molecule has 1 N–H and O–H groups in total. The second-order valence-electron chi connectivity index (χ2n) is 6.15. The molecule has 0 saturated heterocycles. The topological polar surface area (TPSA) is 60.5 Å². The number of aromatic nitrogens is 1. The molecule has 0 spiro atoms. The van der Waals surface area contributed by atoms with Crippen LogP contribution >= 0.6 is 11.3 Å². The van der Waals surface area contributed by atoms with Gasteiger partial charge < -0.3 is 14.8 Å². The molecule has 3 rings (SSSR count). The van der Waals surface area contributed by atoms with Crippen LogP contribution in [0.25, 0.3) is 0 Å². The zero-order valence-corrected chi connectivity index (χ0v) is 14.3. The number of carbonyl (C=O) groups is 1. The van der Waals surface area contributed by atoms with Crippen molar-refractivity contribution in [1.82, 2.24) is 10.3 Å². The van der Waals surface area contributed by atoms with Gasteiger partial charge in [-0.3, -0.25) is 4.79 Å². The highest BCUT2D eigenvalue weighted by atomic mass is 32.1. The third-order valence-corrected chi connectivity index (χ3v) is 4.58.